The first-order valence-electron chi connectivity index (χ1n) is 9.25. The maximum atomic E-state index is 12.8. The zero-order valence-corrected chi connectivity index (χ0v) is 16.3. The van der Waals surface area contributed by atoms with Gasteiger partial charge in [0, 0.05) is 35.8 Å². The molecule has 0 radical (unpaired) electrons. The van der Waals surface area contributed by atoms with Gasteiger partial charge in [-0.2, -0.15) is 4.98 Å². The second kappa shape index (κ2) is 7.74. The number of fused-ring (bicyclic) bond motifs is 1. The van der Waals surface area contributed by atoms with Crippen LogP contribution in [-0.4, -0.2) is 37.2 Å². The van der Waals surface area contributed by atoms with Crippen molar-refractivity contribution in [2.24, 2.45) is 0 Å². The monoisotopic (exact) mass is 406 g/mol. The second-order valence-corrected chi connectivity index (χ2v) is 6.58. The largest absolute Gasteiger partial charge is 0.463 e. The third kappa shape index (κ3) is 3.39. The van der Waals surface area contributed by atoms with E-state index in [2.05, 4.69) is 20.4 Å². The zero-order chi connectivity index (χ0) is 21.3. The number of ether oxygens (including phenoxy) is 1. The standard InChI is InChI=1S/C20H18N6O4/c1-3-30-19(27)16-12(2)22-20-23-18(14-5-4-10-21-11-14)24-25(20)17(16)13-6-8-15(9-7-13)26(28)29/h4-11,17H,3H2,1-2H3,(H,22,23,24). The summed E-state index contributed by atoms with van der Waals surface area (Å²) in [6, 6.07) is 8.97. The summed E-state index contributed by atoms with van der Waals surface area (Å²) in [5, 5.41) is 18.7. The highest BCUT2D eigenvalue weighted by Gasteiger charge is 2.35. The highest BCUT2D eigenvalue weighted by Crippen LogP contribution is 2.37. The molecule has 0 saturated heterocycles. The normalized spacial score (nSPS) is 15.3. The van der Waals surface area contributed by atoms with E-state index in [1.807, 2.05) is 6.07 Å². The lowest BCUT2D eigenvalue weighted by molar-refractivity contribution is -0.384. The van der Waals surface area contributed by atoms with Crippen LogP contribution in [0, 0.1) is 10.1 Å². The van der Waals surface area contributed by atoms with E-state index < -0.39 is 16.9 Å². The highest BCUT2D eigenvalue weighted by atomic mass is 16.6. The third-order valence-electron chi connectivity index (χ3n) is 4.69. The number of nitro groups is 1. The minimum Gasteiger partial charge on any atom is -0.463 e. The summed E-state index contributed by atoms with van der Waals surface area (Å²) < 4.78 is 6.84. The Morgan fingerprint density at radius 3 is 2.70 bits per heavy atom. The van der Waals surface area contributed by atoms with Crippen LogP contribution >= 0.6 is 0 Å². The predicted octanol–water partition coefficient (Wildman–Crippen LogP) is 3.10. The summed E-state index contributed by atoms with van der Waals surface area (Å²) in [5.41, 5.74) is 2.27. The van der Waals surface area contributed by atoms with Crippen molar-refractivity contribution in [3.63, 3.8) is 0 Å². The molecule has 1 unspecified atom stereocenters. The number of allylic oxidation sites excluding steroid dienone is 1. The van der Waals surface area contributed by atoms with Crippen molar-refractivity contribution in [1.82, 2.24) is 19.7 Å². The van der Waals surface area contributed by atoms with Crippen LogP contribution in [0.5, 0.6) is 0 Å². The van der Waals surface area contributed by atoms with Gasteiger partial charge in [0.25, 0.3) is 5.69 Å². The molecule has 1 aromatic carbocycles. The molecule has 1 N–H and O–H groups in total. The van der Waals surface area contributed by atoms with Crippen molar-refractivity contribution >= 4 is 17.6 Å². The van der Waals surface area contributed by atoms with Crippen LogP contribution in [-0.2, 0) is 9.53 Å². The first-order chi connectivity index (χ1) is 14.5. The number of anilines is 1. The summed E-state index contributed by atoms with van der Waals surface area (Å²) in [4.78, 5) is 32.0. The molecular weight excluding hydrogens is 388 g/mol. The number of hydrogen-bond donors (Lipinski definition) is 1. The number of nitrogens with one attached hydrogen (secondary N) is 1. The Bertz CT molecular complexity index is 1140. The van der Waals surface area contributed by atoms with Crippen molar-refractivity contribution in [2.75, 3.05) is 11.9 Å². The number of benzene rings is 1. The number of aromatic nitrogens is 4. The zero-order valence-electron chi connectivity index (χ0n) is 16.3. The molecule has 30 heavy (non-hydrogen) atoms. The van der Waals surface area contributed by atoms with Crippen molar-refractivity contribution in [2.45, 2.75) is 19.9 Å². The van der Waals surface area contributed by atoms with Gasteiger partial charge in [-0.15, -0.1) is 5.10 Å². The average Bonchev–Trinajstić information content (AvgIpc) is 3.17. The Labute approximate surface area is 171 Å². The minimum absolute atomic E-state index is 0.0408. The molecule has 1 aliphatic rings. The van der Waals surface area contributed by atoms with Crippen LogP contribution < -0.4 is 5.32 Å². The van der Waals surface area contributed by atoms with E-state index in [4.69, 9.17) is 4.74 Å². The fourth-order valence-corrected chi connectivity index (χ4v) is 3.33. The van der Waals surface area contributed by atoms with Crippen LogP contribution in [0.4, 0.5) is 11.6 Å². The fraction of sp³-hybridized carbons (Fsp3) is 0.200. The van der Waals surface area contributed by atoms with Gasteiger partial charge in [0.05, 0.1) is 17.1 Å². The van der Waals surface area contributed by atoms with E-state index in [-0.39, 0.29) is 12.3 Å². The van der Waals surface area contributed by atoms with E-state index in [1.165, 1.54) is 12.1 Å². The first kappa shape index (κ1) is 19.2. The van der Waals surface area contributed by atoms with Crippen molar-refractivity contribution in [3.8, 4) is 11.4 Å². The number of hydrogen-bond acceptors (Lipinski definition) is 8. The van der Waals surface area contributed by atoms with E-state index >= 15 is 0 Å². The molecule has 4 rings (SSSR count). The van der Waals surface area contributed by atoms with Crippen molar-refractivity contribution in [1.29, 1.82) is 0 Å². The molecule has 152 valence electrons. The smallest absolute Gasteiger partial charge is 0.338 e. The first-order valence-corrected chi connectivity index (χ1v) is 9.25. The molecule has 1 atom stereocenters. The van der Waals surface area contributed by atoms with Crippen LogP contribution in [0.25, 0.3) is 11.4 Å². The van der Waals surface area contributed by atoms with Crippen molar-refractivity contribution in [3.05, 3.63) is 75.7 Å². The van der Waals surface area contributed by atoms with Crippen LogP contribution in [0.15, 0.2) is 60.1 Å². The molecule has 0 aliphatic carbocycles. The summed E-state index contributed by atoms with van der Waals surface area (Å²) in [6.07, 6.45) is 3.30. The van der Waals surface area contributed by atoms with Gasteiger partial charge in [0.15, 0.2) is 5.82 Å². The lowest BCUT2D eigenvalue weighted by Crippen LogP contribution is -2.29. The van der Waals surface area contributed by atoms with Crippen molar-refractivity contribution < 1.29 is 14.5 Å². The molecule has 0 fully saturated rings. The number of esters is 1. The Morgan fingerprint density at radius 2 is 2.07 bits per heavy atom. The Morgan fingerprint density at radius 1 is 1.30 bits per heavy atom. The molecule has 10 heteroatoms. The molecule has 0 bridgehead atoms. The quantitative estimate of drug-likeness (QED) is 0.389. The number of non-ortho nitro benzene ring substituents is 1. The molecule has 0 spiro atoms. The summed E-state index contributed by atoms with van der Waals surface area (Å²) >= 11 is 0. The van der Waals surface area contributed by atoms with E-state index in [9.17, 15) is 14.9 Å². The molecular formula is C20H18N6O4. The molecule has 2 aromatic heterocycles. The van der Waals surface area contributed by atoms with E-state index in [0.717, 1.165) is 5.56 Å². The SMILES string of the molecule is CCOC(=O)C1=C(C)Nc2nc(-c3cccnc3)nn2C1c1ccc([N+](=O)[O-])cc1. The fourth-order valence-electron chi connectivity index (χ4n) is 3.33. The maximum Gasteiger partial charge on any atom is 0.338 e. The van der Waals surface area contributed by atoms with Gasteiger partial charge in [0.1, 0.15) is 6.04 Å². The Hall–Kier alpha value is -4.08. The number of carbonyl (C=O) groups is 1. The van der Waals surface area contributed by atoms with Gasteiger partial charge in [-0.1, -0.05) is 0 Å². The lowest BCUT2D eigenvalue weighted by Gasteiger charge is -2.28. The van der Waals surface area contributed by atoms with E-state index in [1.54, 1.807) is 49.1 Å². The number of pyridine rings is 1. The van der Waals surface area contributed by atoms with Gasteiger partial charge in [-0.3, -0.25) is 15.1 Å². The van der Waals surface area contributed by atoms with Gasteiger partial charge in [0.2, 0.25) is 5.95 Å². The van der Waals surface area contributed by atoms with Gasteiger partial charge >= 0.3 is 5.97 Å². The van der Waals surface area contributed by atoms with Crippen LogP contribution in [0.3, 0.4) is 0 Å². The molecule has 0 saturated carbocycles. The molecule has 0 amide bonds. The van der Waals surface area contributed by atoms with Crippen LogP contribution in [0.2, 0.25) is 0 Å². The number of rotatable bonds is 5. The van der Waals surface area contributed by atoms with E-state index in [0.29, 0.717) is 28.6 Å². The molecule has 3 heterocycles. The molecule has 10 nitrogen and oxygen atoms in total. The predicted molar refractivity (Wildman–Crippen MR) is 107 cm³/mol. The topological polar surface area (TPSA) is 125 Å². The summed E-state index contributed by atoms with van der Waals surface area (Å²) in [6.45, 7) is 3.70. The third-order valence-corrected chi connectivity index (χ3v) is 4.69. The van der Waals surface area contributed by atoms with Crippen LogP contribution in [0.1, 0.15) is 25.5 Å². The Kier molecular flexibility index (Phi) is 4.97. The van der Waals surface area contributed by atoms with Gasteiger partial charge in [-0.25, -0.2) is 9.48 Å². The highest BCUT2D eigenvalue weighted by molar-refractivity contribution is 5.92. The van der Waals surface area contributed by atoms with Gasteiger partial charge in [-0.05, 0) is 43.7 Å². The number of nitro benzene ring substituents is 1. The minimum atomic E-state index is -0.654. The molecule has 3 aromatic rings. The molecule has 1 aliphatic heterocycles. The summed E-state index contributed by atoms with van der Waals surface area (Å²) in [5.74, 6) is 0.396. The lowest BCUT2D eigenvalue weighted by atomic mass is 9.95. The average molecular weight is 406 g/mol. The van der Waals surface area contributed by atoms with Gasteiger partial charge < -0.3 is 10.1 Å². The number of carbonyl (C=O) groups excluding carboxylic acids is 1. The number of nitrogens with zero attached hydrogens (tertiary/aromatic N) is 5. The maximum absolute atomic E-state index is 12.8. The second-order valence-electron chi connectivity index (χ2n) is 6.58. The Balaban J connectivity index is 1.85. The summed E-state index contributed by atoms with van der Waals surface area (Å²) in [7, 11) is 0.